The maximum atomic E-state index is 6.47. The van der Waals surface area contributed by atoms with E-state index in [9.17, 15) is 0 Å². The van der Waals surface area contributed by atoms with Crippen molar-refractivity contribution in [2.45, 2.75) is 51.6 Å². The third-order valence-corrected chi connectivity index (χ3v) is 4.94. The van der Waals surface area contributed by atoms with E-state index in [1.165, 1.54) is 44.3 Å². The van der Waals surface area contributed by atoms with Gasteiger partial charge in [0.05, 0.1) is 7.11 Å². The molecule has 2 N–H and O–H groups in total. The first-order valence-electron chi connectivity index (χ1n) is 8.29. The van der Waals surface area contributed by atoms with Crippen molar-refractivity contribution in [2.24, 2.45) is 11.7 Å². The molecule has 3 heteroatoms. The van der Waals surface area contributed by atoms with Gasteiger partial charge in [-0.1, -0.05) is 31.9 Å². The molecule has 2 unspecified atom stereocenters. The Morgan fingerprint density at radius 2 is 1.86 bits per heavy atom. The van der Waals surface area contributed by atoms with Gasteiger partial charge in [0, 0.05) is 12.1 Å². The summed E-state index contributed by atoms with van der Waals surface area (Å²) in [6, 6.07) is 8.62. The smallest absolute Gasteiger partial charge is 0.118 e. The van der Waals surface area contributed by atoms with Crippen LogP contribution in [0.25, 0.3) is 0 Å². The summed E-state index contributed by atoms with van der Waals surface area (Å²) in [5, 5.41) is 0. The van der Waals surface area contributed by atoms with E-state index in [-0.39, 0.29) is 6.04 Å². The average Bonchev–Trinajstić information content (AvgIpc) is 2.54. The summed E-state index contributed by atoms with van der Waals surface area (Å²) in [4.78, 5) is 2.56. The fourth-order valence-electron chi connectivity index (χ4n) is 3.39. The van der Waals surface area contributed by atoms with E-state index in [4.69, 9.17) is 10.5 Å². The van der Waals surface area contributed by atoms with Crippen LogP contribution in [0.15, 0.2) is 24.3 Å². The Morgan fingerprint density at radius 3 is 2.38 bits per heavy atom. The lowest BCUT2D eigenvalue weighted by Gasteiger charge is -2.38. The van der Waals surface area contributed by atoms with Crippen LogP contribution in [-0.2, 0) is 0 Å². The molecule has 1 saturated heterocycles. The molecule has 2 rings (SSSR count). The SMILES string of the molecule is CCCC1CCN(C(C)C(N)c2ccc(OC)cc2)CC1. The van der Waals surface area contributed by atoms with E-state index in [1.807, 2.05) is 12.1 Å². The summed E-state index contributed by atoms with van der Waals surface area (Å²) in [6.07, 6.45) is 5.35. The van der Waals surface area contributed by atoms with Crippen molar-refractivity contribution in [1.29, 1.82) is 0 Å². The predicted molar refractivity (Wildman–Crippen MR) is 88.6 cm³/mol. The largest absolute Gasteiger partial charge is 0.497 e. The van der Waals surface area contributed by atoms with Crippen molar-refractivity contribution >= 4 is 0 Å². The maximum Gasteiger partial charge on any atom is 0.118 e. The van der Waals surface area contributed by atoms with Crippen molar-refractivity contribution in [1.82, 2.24) is 4.90 Å². The van der Waals surface area contributed by atoms with E-state index in [1.54, 1.807) is 7.11 Å². The number of rotatable bonds is 6. The number of nitrogens with two attached hydrogens (primary N) is 1. The highest BCUT2D eigenvalue weighted by molar-refractivity contribution is 5.29. The van der Waals surface area contributed by atoms with Gasteiger partial charge in [-0.05, 0) is 56.5 Å². The second-order valence-electron chi connectivity index (χ2n) is 6.31. The highest BCUT2D eigenvalue weighted by atomic mass is 16.5. The Kier molecular flexibility index (Phi) is 6.07. The number of nitrogens with zero attached hydrogens (tertiary/aromatic N) is 1. The molecular formula is C18H30N2O. The van der Waals surface area contributed by atoms with Crippen LogP contribution in [0.2, 0.25) is 0 Å². The number of ether oxygens (including phenoxy) is 1. The number of benzene rings is 1. The van der Waals surface area contributed by atoms with Crippen LogP contribution in [-0.4, -0.2) is 31.1 Å². The molecule has 1 aromatic rings. The number of piperidine rings is 1. The third kappa shape index (κ3) is 4.21. The molecule has 0 amide bonds. The monoisotopic (exact) mass is 290 g/mol. The van der Waals surface area contributed by atoms with Crippen molar-refractivity contribution in [3.63, 3.8) is 0 Å². The number of likely N-dealkylation sites (tertiary alicyclic amines) is 1. The average molecular weight is 290 g/mol. The van der Waals surface area contributed by atoms with Crippen molar-refractivity contribution in [2.75, 3.05) is 20.2 Å². The lowest BCUT2D eigenvalue weighted by atomic mass is 9.90. The summed E-state index contributed by atoms with van der Waals surface area (Å²) in [5.74, 6) is 1.81. The zero-order valence-electron chi connectivity index (χ0n) is 13.7. The molecule has 0 bridgehead atoms. The Hall–Kier alpha value is -1.06. The highest BCUT2D eigenvalue weighted by Gasteiger charge is 2.26. The van der Waals surface area contributed by atoms with Gasteiger partial charge in [-0.25, -0.2) is 0 Å². The molecule has 0 aromatic heterocycles. The van der Waals surface area contributed by atoms with Gasteiger partial charge in [0.1, 0.15) is 5.75 Å². The fourth-order valence-corrected chi connectivity index (χ4v) is 3.39. The minimum absolute atomic E-state index is 0.0682. The molecule has 0 spiro atoms. The molecule has 3 nitrogen and oxygen atoms in total. The van der Waals surface area contributed by atoms with E-state index < -0.39 is 0 Å². The van der Waals surface area contributed by atoms with Crippen LogP contribution in [0.3, 0.4) is 0 Å². The molecule has 21 heavy (non-hydrogen) atoms. The minimum atomic E-state index is 0.0682. The predicted octanol–water partition coefficient (Wildman–Crippen LogP) is 3.60. The first kappa shape index (κ1) is 16.3. The van der Waals surface area contributed by atoms with Gasteiger partial charge in [0.2, 0.25) is 0 Å². The van der Waals surface area contributed by atoms with Crippen LogP contribution in [0, 0.1) is 5.92 Å². The second kappa shape index (κ2) is 7.81. The lowest BCUT2D eigenvalue weighted by Crippen LogP contribution is -2.45. The van der Waals surface area contributed by atoms with Crippen molar-refractivity contribution in [3.8, 4) is 5.75 Å². The maximum absolute atomic E-state index is 6.47. The Morgan fingerprint density at radius 1 is 1.24 bits per heavy atom. The topological polar surface area (TPSA) is 38.5 Å². The summed E-state index contributed by atoms with van der Waals surface area (Å²) >= 11 is 0. The normalized spacial score (nSPS) is 20.2. The van der Waals surface area contributed by atoms with Gasteiger partial charge in [-0.15, -0.1) is 0 Å². The molecule has 1 fully saturated rings. The summed E-state index contributed by atoms with van der Waals surface area (Å²) < 4.78 is 5.21. The Balaban J connectivity index is 1.91. The van der Waals surface area contributed by atoms with E-state index in [0.29, 0.717) is 6.04 Å². The van der Waals surface area contributed by atoms with Crippen molar-refractivity contribution in [3.05, 3.63) is 29.8 Å². The number of hydrogen-bond donors (Lipinski definition) is 1. The molecule has 1 aliphatic heterocycles. The van der Waals surface area contributed by atoms with Gasteiger partial charge in [0.25, 0.3) is 0 Å². The highest BCUT2D eigenvalue weighted by Crippen LogP contribution is 2.27. The quantitative estimate of drug-likeness (QED) is 0.870. The molecule has 0 saturated carbocycles. The first-order valence-corrected chi connectivity index (χ1v) is 8.29. The molecule has 1 aromatic carbocycles. The summed E-state index contributed by atoms with van der Waals surface area (Å²) in [6.45, 7) is 6.93. The third-order valence-electron chi connectivity index (χ3n) is 4.94. The van der Waals surface area contributed by atoms with Crippen LogP contribution in [0.1, 0.15) is 51.1 Å². The zero-order chi connectivity index (χ0) is 15.2. The molecule has 1 aliphatic rings. The number of hydrogen-bond acceptors (Lipinski definition) is 3. The molecular weight excluding hydrogens is 260 g/mol. The molecule has 0 radical (unpaired) electrons. The standard InChI is InChI=1S/C18H30N2O/c1-4-5-15-10-12-20(13-11-15)14(2)18(19)16-6-8-17(21-3)9-7-16/h6-9,14-15,18H,4-5,10-13,19H2,1-3H3. The van der Waals surface area contributed by atoms with Crippen LogP contribution in [0.4, 0.5) is 0 Å². The van der Waals surface area contributed by atoms with Gasteiger partial charge in [-0.2, -0.15) is 0 Å². The van der Waals surface area contributed by atoms with E-state index >= 15 is 0 Å². The Labute approximate surface area is 129 Å². The molecule has 2 atom stereocenters. The van der Waals surface area contributed by atoms with Gasteiger partial charge in [0.15, 0.2) is 0 Å². The summed E-state index contributed by atoms with van der Waals surface area (Å²) in [5.41, 5.74) is 7.67. The second-order valence-corrected chi connectivity index (χ2v) is 6.31. The Bertz CT molecular complexity index is 410. The molecule has 118 valence electrons. The van der Waals surface area contributed by atoms with E-state index in [0.717, 1.165) is 11.7 Å². The molecule has 1 heterocycles. The number of methoxy groups -OCH3 is 1. The van der Waals surface area contributed by atoms with Crippen LogP contribution < -0.4 is 10.5 Å². The van der Waals surface area contributed by atoms with Crippen LogP contribution >= 0.6 is 0 Å². The lowest BCUT2D eigenvalue weighted by molar-refractivity contribution is 0.122. The summed E-state index contributed by atoms with van der Waals surface area (Å²) in [7, 11) is 1.69. The van der Waals surface area contributed by atoms with Crippen LogP contribution in [0.5, 0.6) is 5.75 Å². The minimum Gasteiger partial charge on any atom is -0.497 e. The van der Waals surface area contributed by atoms with Gasteiger partial charge < -0.3 is 10.5 Å². The zero-order valence-corrected chi connectivity index (χ0v) is 13.7. The first-order chi connectivity index (χ1) is 10.2. The van der Waals surface area contributed by atoms with E-state index in [2.05, 4.69) is 30.9 Å². The van der Waals surface area contributed by atoms with Gasteiger partial charge >= 0.3 is 0 Å². The van der Waals surface area contributed by atoms with Crippen molar-refractivity contribution < 1.29 is 4.74 Å². The fraction of sp³-hybridized carbons (Fsp3) is 0.667. The van der Waals surface area contributed by atoms with Gasteiger partial charge in [-0.3, -0.25) is 4.90 Å². The molecule has 0 aliphatic carbocycles.